The van der Waals surface area contributed by atoms with Gasteiger partial charge in [-0.05, 0) is 73.1 Å². The average molecular weight is 492 g/mol. The van der Waals surface area contributed by atoms with Crippen molar-refractivity contribution in [1.29, 1.82) is 0 Å². The maximum Gasteiger partial charge on any atom is 0.306 e. The summed E-state index contributed by atoms with van der Waals surface area (Å²) in [4.78, 5) is 41.0. The zero-order chi connectivity index (χ0) is 25.9. The van der Waals surface area contributed by atoms with Gasteiger partial charge in [0.05, 0.1) is 5.92 Å². The number of aliphatic carboxylic acids is 1. The molecule has 0 spiro atoms. The first-order chi connectivity index (χ1) is 17.1. The molecule has 2 fully saturated rings. The molecular weight excluding hydrogens is 454 g/mol. The first-order valence-corrected chi connectivity index (χ1v) is 12.9. The molecule has 0 unspecified atom stereocenters. The fourth-order valence-electron chi connectivity index (χ4n) is 5.12. The van der Waals surface area contributed by atoms with Crippen LogP contribution in [0.4, 0.5) is 11.4 Å². The molecule has 192 valence electrons. The first kappa shape index (κ1) is 25.7. The summed E-state index contributed by atoms with van der Waals surface area (Å²) in [6, 6.07) is 15.6. The number of hydrogen-bond donors (Lipinski definition) is 2. The highest BCUT2D eigenvalue weighted by atomic mass is 16.4. The highest BCUT2D eigenvalue weighted by Crippen LogP contribution is 2.31. The van der Waals surface area contributed by atoms with E-state index in [0.29, 0.717) is 44.3 Å². The summed E-state index contributed by atoms with van der Waals surface area (Å²) in [6.45, 7) is 9.23. The molecule has 1 saturated carbocycles. The monoisotopic (exact) mass is 491 g/mol. The smallest absolute Gasteiger partial charge is 0.306 e. The molecular formula is C29H37N3O4. The number of benzene rings is 2. The highest BCUT2D eigenvalue weighted by Gasteiger charge is 2.33. The van der Waals surface area contributed by atoms with Crippen molar-refractivity contribution in [3.8, 4) is 0 Å². The third-order valence-corrected chi connectivity index (χ3v) is 7.50. The molecule has 0 bridgehead atoms. The number of hydrogen-bond acceptors (Lipinski definition) is 4. The van der Waals surface area contributed by atoms with Crippen LogP contribution >= 0.6 is 0 Å². The van der Waals surface area contributed by atoms with Gasteiger partial charge in [0.25, 0.3) is 5.91 Å². The molecule has 2 aliphatic rings. The van der Waals surface area contributed by atoms with E-state index in [4.69, 9.17) is 0 Å². The SMILES string of the molecule is CC(C)(C)c1cccc(NC(=O)c2ccc(N3CCN(C(=O)[C@H]4CC[C@H](C(=O)O)CC4)CC3)cc2)c1. The number of nitrogens with zero attached hydrogens (tertiary/aromatic N) is 2. The van der Waals surface area contributed by atoms with Gasteiger partial charge in [-0.15, -0.1) is 0 Å². The van der Waals surface area contributed by atoms with Crippen LogP contribution in [0, 0.1) is 11.8 Å². The lowest BCUT2D eigenvalue weighted by molar-refractivity contribution is -0.145. The lowest BCUT2D eigenvalue weighted by Gasteiger charge is -2.38. The third kappa shape index (κ3) is 6.07. The predicted octanol–water partition coefficient (Wildman–Crippen LogP) is 4.78. The van der Waals surface area contributed by atoms with Gasteiger partial charge in [-0.2, -0.15) is 0 Å². The van der Waals surface area contributed by atoms with Gasteiger partial charge < -0.3 is 20.2 Å². The maximum atomic E-state index is 12.9. The largest absolute Gasteiger partial charge is 0.481 e. The van der Waals surface area contributed by atoms with Gasteiger partial charge in [0.1, 0.15) is 0 Å². The fraction of sp³-hybridized carbons (Fsp3) is 0.483. The molecule has 4 rings (SSSR count). The van der Waals surface area contributed by atoms with Crippen LogP contribution in [0.25, 0.3) is 0 Å². The summed E-state index contributed by atoms with van der Waals surface area (Å²) in [5.74, 6) is -1.06. The number of carbonyl (C=O) groups excluding carboxylic acids is 2. The molecule has 2 amide bonds. The predicted molar refractivity (Wildman–Crippen MR) is 141 cm³/mol. The Morgan fingerprint density at radius 1 is 0.861 bits per heavy atom. The lowest BCUT2D eigenvalue weighted by atomic mass is 9.81. The van der Waals surface area contributed by atoms with Crippen molar-refractivity contribution in [2.24, 2.45) is 11.8 Å². The van der Waals surface area contributed by atoms with E-state index in [1.165, 1.54) is 5.56 Å². The molecule has 0 aromatic heterocycles. The number of carbonyl (C=O) groups is 3. The zero-order valence-electron chi connectivity index (χ0n) is 21.5. The number of nitrogens with one attached hydrogen (secondary N) is 1. The number of carboxylic acid groups (broad SMARTS) is 1. The van der Waals surface area contributed by atoms with Crippen LogP contribution in [0.15, 0.2) is 48.5 Å². The minimum absolute atomic E-state index is 0.0108. The lowest BCUT2D eigenvalue weighted by Crippen LogP contribution is -2.50. The van der Waals surface area contributed by atoms with Gasteiger partial charge in [-0.3, -0.25) is 14.4 Å². The first-order valence-electron chi connectivity index (χ1n) is 12.9. The van der Waals surface area contributed by atoms with Gasteiger partial charge in [-0.1, -0.05) is 32.9 Å². The maximum absolute atomic E-state index is 12.9. The van der Waals surface area contributed by atoms with E-state index in [1.54, 1.807) is 0 Å². The summed E-state index contributed by atoms with van der Waals surface area (Å²) in [6.07, 6.45) is 2.52. The van der Waals surface area contributed by atoms with Crippen molar-refractivity contribution in [2.45, 2.75) is 51.9 Å². The Morgan fingerprint density at radius 3 is 2.06 bits per heavy atom. The Balaban J connectivity index is 1.29. The number of anilines is 2. The molecule has 2 N–H and O–H groups in total. The molecule has 0 atom stereocenters. The van der Waals surface area contributed by atoms with E-state index in [1.807, 2.05) is 47.4 Å². The minimum Gasteiger partial charge on any atom is -0.481 e. The van der Waals surface area contributed by atoms with Crippen LogP contribution in [0.2, 0.25) is 0 Å². The summed E-state index contributed by atoms with van der Waals surface area (Å²) in [7, 11) is 0. The van der Waals surface area contributed by atoms with Crippen molar-refractivity contribution < 1.29 is 19.5 Å². The number of amides is 2. The van der Waals surface area contributed by atoms with Crippen LogP contribution in [-0.2, 0) is 15.0 Å². The minimum atomic E-state index is -0.743. The van der Waals surface area contributed by atoms with Crippen molar-refractivity contribution >= 4 is 29.2 Å². The Kier molecular flexibility index (Phi) is 7.67. The normalized spacial score (nSPS) is 20.6. The van der Waals surface area contributed by atoms with Gasteiger partial charge in [0.2, 0.25) is 5.91 Å². The van der Waals surface area contributed by atoms with E-state index in [-0.39, 0.29) is 29.1 Å². The van der Waals surface area contributed by atoms with Crippen LogP contribution < -0.4 is 10.2 Å². The molecule has 2 aromatic rings. The molecule has 0 radical (unpaired) electrons. The second-order valence-corrected chi connectivity index (χ2v) is 11.0. The zero-order valence-corrected chi connectivity index (χ0v) is 21.5. The molecule has 1 aliphatic carbocycles. The summed E-state index contributed by atoms with van der Waals surface area (Å²) in [5.41, 5.74) is 3.60. The van der Waals surface area contributed by atoms with Crippen molar-refractivity contribution in [3.63, 3.8) is 0 Å². The van der Waals surface area contributed by atoms with Gasteiger partial charge >= 0.3 is 5.97 Å². The molecule has 2 aromatic carbocycles. The van der Waals surface area contributed by atoms with E-state index >= 15 is 0 Å². The number of carboxylic acids is 1. The second-order valence-electron chi connectivity index (χ2n) is 11.0. The summed E-state index contributed by atoms with van der Waals surface area (Å²) in [5, 5.41) is 12.2. The Bertz CT molecular complexity index is 1090. The Hall–Kier alpha value is -3.35. The summed E-state index contributed by atoms with van der Waals surface area (Å²) < 4.78 is 0. The molecule has 7 nitrogen and oxygen atoms in total. The number of rotatable bonds is 5. The Morgan fingerprint density at radius 2 is 1.47 bits per heavy atom. The molecule has 1 aliphatic heterocycles. The summed E-state index contributed by atoms with van der Waals surface area (Å²) >= 11 is 0. The van der Waals surface area contributed by atoms with Crippen LogP contribution in [0.5, 0.6) is 0 Å². The van der Waals surface area contributed by atoms with E-state index in [2.05, 4.69) is 37.1 Å². The van der Waals surface area contributed by atoms with E-state index < -0.39 is 5.97 Å². The quantitative estimate of drug-likeness (QED) is 0.629. The Labute approximate surface area is 213 Å². The van der Waals surface area contributed by atoms with Crippen molar-refractivity contribution in [1.82, 2.24) is 4.90 Å². The van der Waals surface area contributed by atoms with E-state index in [0.717, 1.165) is 24.5 Å². The van der Waals surface area contributed by atoms with Gasteiger partial charge in [-0.25, -0.2) is 0 Å². The molecule has 1 heterocycles. The third-order valence-electron chi connectivity index (χ3n) is 7.50. The van der Waals surface area contributed by atoms with Crippen molar-refractivity contribution in [2.75, 3.05) is 36.4 Å². The van der Waals surface area contributed by atoms with Crippen LogP contribution in [-0.4, -0.2) is 54.0 Å². The molecule has 36 heavy (non-hydrogen) atoms. The van der Waals surface area contributed by atoms with Crippen LogP contribution in [0.1, 0.15) is 62.4 Å². The standard InChI is InChI=1S/C29H37N3O4/c1-29(2,3)23-5-4-6-24(19-23)30-26(33)20-11-13-25(14-12-20)31-15-17-32(18-16-31)27(34)21-7-9-22(10-8-21)28(35)36/h4-6,11-14,19,21-22H,7-10,15-18H2,1-3H3,(H,30,33)(H,35,36)/t21-,22-. The average Bonchev–Trinajstić information content (AvgIpc) is 2.88. The van der Waals surface area contributed by atoms with E-state index in [9.17, 15) is 19.5 Å². The molecule has 1 saturated heterocycles. The van der Waals surface area contributed by atoms with Crippen LogP contribution in [0.3, 0.4) is 0 Å². The highest BCUT2D eigenvalue weighted by molar-refractivity contribution is 6.04. The number of piperazine rings is 1. The van der Waals surface area contributed by atoms with Gasteiger partial charge in [0.15, 0.2) is 0 Å². The van der Waals surface area contributed by atoms with Crippen molar-refractivity contribution in [3.05, 3.63) is 59.7 Å². The topological polar surface area (TPSA) is 90.0 Å². The fourth-order valence-corrected chi connectivity index (χ4v) is 5.12. The second kappa shape index (κ2) is 10.7. The van der Waals surface area contributed by atoms with Gasteiger partial charge in [0, 0.05) is 49.0 Å². The molecule has 7 heteroatoms.